The number of carbonyl (C=O) groups is 1. The van der Waals surface area contributed by atoms with E-state index >= 15 is 0 Å². The standard InChI is InChI=1S/C33H43N5O6/c1-2-3-8-17-33(30(41)42,19-11-22-37-28(39)24-13-4-6-15-26(24)35-31(37)43)18-9-10-20-34-21-12-23-38-29(40)25-14-5-7-16-27(25)36-32(38)44/h4-7,13-16,34H,2-3,8-12,17-23H2,1H3,(H,35,43)(H,36,44)(H,41,42). The first-order chi connectivity index (χ1) is 21.3. The van der Waals surface area contributed by atoms with E-state index in [0.29, 0.717) is 80.0 Å². The molecule has 2 aromatic heterocycles. The number of carboxylic acid groups (broad SMARTS) is 1. The number of hydrogen-bond donors (Lipinski definition) is 4. The van der Waals surface area contributed by atoms with Crippen molar-refractivity contribution in [2.75, 3.05) is 13.1 Å². The number of aliphatic carboxylic acids is 1. The molecule has 0 aliphatic heterocycles. The fourth-order valence-corrected chi connectivity index (χ4v) is 5.99. The van der Waals surface area contributed by atoms with Crippen LogP contribution >= 0.6 is 0 Å². The first-order valence-corrected chi connectivity index (χ1v) is 15.7. The number of H-pyrrole nitrogens is 2. The second kappa shape index (κ2) is 15.5. The zero-order chi connectivity index (χ0) is 31.5. The Morgan fingerprint density at radius 2 is 1.18 bits per heavy atom. The average Bonchev–Trinajstić information content (AvgIpc) is 3.01. The highest BCUT2D eigenvalue weighted by Crippen LogP contribution is 2.37. The second-order valence-corrected chi connectivity index (χ2v) is 11.6. The minimum absolute atomic E-state index is 0.159. The van der Waals surface area contributed by atoms with E-state index < -0.39 is 22.8 Å². The maximum absolute atomic E-state index is 12.9. The summed E-state index contributed by atoms with van der Waals surface area (Å²) in [6.45, 7) is 3.85. The molecule has 1 unspecified atom stereocenters. The summed E-state index contributed by atoms with van der Waals surface area (Å²) in [4.78, 5) is 68.7. The SMILES string of the molecule is CCCCCC(CCCCNCCCn1c(=O)[nH]c2ccccc2c1=O)(CCCn1c(=O)[nH]c2ccccc2c1=O)C(=O)O. The Balaban J connectivity index is 1.28. The summed E-state index contributed by atoms with van der Waals surface area (Å²) in [6.07, 6.45) is 6.70. The van der Waals surface area contributed by atoms with Crippen molar-refractivity contribution in [3.63, 3.8) is 0 Å². The number of fused-ring (bicyclic) bond motifs is 2. The molecule has 4 aromatic rings. The summed E-state index contributed by atoms with van der Waals surface area (Å²) < 4.78 is 2.39. The van der Waals surface area contributed by atoms with Crippen LogP contribution < -0.4 is 27.8 Å². The number of rotatable bonds is 18. The van der Waals surface area contributed by atoms with Crippen molar-refractivity contribution in [3.05, 3.63) is 90.2 Å². The quantitative estimate of drug-likeness (QED) is 0.125. The summed E-state index contributed by atoms with van der Waals surface area (Å²) in [7, 11) is 0. The van der Waals surface area contributed by atoms with Crippen LogP contribution in [0.5, 0.6) is 0 Å². The molecule has 4 rings (SSSR count). The van der Waals surface area contributed by atoms with E-state index in [-0.39, 0.29) is 17.7 Å². The molecule has 0 aliphatic carbocycles. The van der Waals surface area contributed by atoms with Gasteiger partial charge in [0.1, 0.15) is 0 Å². The predicted molar refractivity (Wildman–Crippen MR) is 172 cm³/mol. The van der Waals surface area contributed by atoms with Gasteiger partial charge in [-0.15, -0.1) is 0 Å². The van der Waals surface area contributed by atoms with E-state index in [1.54, 1.807) is 48.5 Å². The van der Waals surface area contributed by atoms with Crippen LogP contribution in [0.1, 0.15) is 71.1 Å². The third kappa shape index (κ3) is 7.82. The molecule has 0 fully saturated rings. The van der Waals surface area contributed by atoms with Crippen molar-refractivity contribution < 1.29 is 9.90 Å². The minimum Gasteiger partial charge on any atom is -0.481 e. The van der Waals surface area contributed by atoms with Gasteiger partial charge in [-0.1, -0.05) is 56.9 Å². The lowest BCUT2D eigenvalue weighted by Crippen LogP contribution is -2.36. The highest BCUT2D eigenvalue weighted by molar-refractivity contribution is 5.77. The van der Waals surface area contributed by atoms with Crippen molar-refractivity contribution in [2.24, 2.45) is 5.41 Å². The summed E-state index contributed by atoms with van der Waals surface area (Å²) in [5, 5.41) is 14.6. The molecular weight excluding hydrogens is 562 g/mol. The lowest BCUT2D eigenvalue weighted by atomic mass is 9.74. The summed E-state index contributed by atoms with van der Waals surface area (Å²) in [5.41, 5.74) is -1.47. The first-order valence-electron chi connectivity index (χ1n) is 15.7. The molecule has 0 saturated heterocycles. The molecule has 0 saturated carbocycles. The molecular formula is C33H43N5O6. The number of hydrogen-bond acceptors (Lipinski definition) is 6. The van der Waals surface area contributed by atoms with E-state index in [4.69, 9.17) is 0 Å². The van der Waals surface area contributed by atoms with E-state index in [0.717, 1.165) is 25.7 Å². The topological polar surface area (TPSA) is 159 Å². The monoisotopic (exact) mass is 605 g/mol. The smallest absolute Gasteiger partial charge is 0.328 e. The van der Waals surface area contributed by atoms with Crippen molar-refractivity contribution in [1.29, 1.82) is 0 Å². The van der Waals surface area contributed by atoms with Gasteiger partial charge in [0.25, 0.3) is 11.1 Å². The Labute approximate surface area is 255 Å². The van der Waals surface area contributed by atoms with Gasteiger partial charge in [0.05, 0.1) is 27.2 Å². The Hall–Kier alpha value is -4.25. The van der Waals surface area contributed by atoms with Crippen LogP contribution in [0.15, 0.2) is 67.7 Å². The van der Waals surface area contributed by atoms with Crippen LogP contribution in [0, 0.1) is 5.41 Å². The van der Waals surface area contributed by atoms with Crippen LogP contribution in [-0.4, -0.2) is 43.3 Å². The Kier molecular flexibility index (Phi) is 11.5. The van der Waals surface area contributed by atoms with E-state index in [2.05, 4.69) is 22.2 Å². The number of benzene rings is 2. The van der Waals surface area contributed by atoms with Crippen molar-refractivity contribution in [2.45, 2.75) is 84.2 Å². The maximum Gasteiger partial charge on any atom is 0.328 e. The van der Waals surface area contributed by atoms with Crippen LogP contribution in [0.3, 0.4) is 0 Å². The largest absolute Gasteiger partial charge is 0.481 e. The van der Waals surface area contributed by atoms with Gasteiger partial charge in [0, 0.05) is 13.1 Å². The highest BCUT2D eigenvalue weighted by atomic mass is 16.4. The number of para-hydroxylation sites is 2. The molecule has 4 N–H and O–H groups in total. The summed E-state index contributed by atoms with van der Waals surface area (Å²) in [5.74, 6) is -0.827. The van der Waals surface area contributed by atoms with Crippen LogP contribution in [0.2, 0.25) is 0 Å². The summed E-state index contributed by atoms with van der Waals surface area (Å²) in [6, 6.07) is 13.8. The number of aromatic nitrogens is 4. The molecule has 2 aromatic carbocycles. The summed E-state index contributed by atoms with van der Waals surface area (Å²) >= 11 is 0. The number of unbranched alkanes of at least 4 members (excludes halogenated alkanes) is 3. The molecule has 0 aliphatic rings. The average molecular weight is 606 g/mol. The minimum atomic E-state index is -0.916. The molecule has 11 nitrogen and oxygen atoms in total. The molecule has 11 heteroatoms. The lowest BCUT2D eigenvalue weighted by Gasteiger charge is -2.30. The number of aromatic amines is 2. The van der Waals surface area contributed by atoms with E-state index in [1.165, 1.54) is 9.13 Å². The molecule has 0 bridgehead atoms. The van der Waals surface area contributed by atoms with E-state index in [1.807, 2.05) is 0 Å². The van der Waals surface area contributed by atoms with Gasteiger partial charge in [-0.2, -0.15) is 0 Å². The Morgan fingerprint density at radius 1 is 0.705 bits per heavy atom. The molecule has 0 radical (unpaired) electrons. The lowest BCUT2D eigenvalue weighted by molar-refractivity contribution is -0.150. The highest BCUT2D eigenvalue weighted by Gasteiger charge is 2.36. The molecule has 1 atom stereocenters. The molecule has 236 valence electrons. The third-order valence-corrected chi connectivity index (χ3v) is 8.52. The predicted octanol–water partition coefficient (Wildman–Crippen LogP) is 3.97. The Bertz CT molecular complexity index is 1800. The molecule has 44 heavy (non-hydrogen) atoms. The molecule has 2 heterocycles. The second-order valence-electron chi connectivity index (χ2n) is 11.6. The van der Waals surface area contributed by atoms with Crippen molar-refractivity contribution in [3.8, 4) is 0 Å². The van der Waals surface area contributed by atoms with Gasteiger partial charge in [0.15, 0.2) is 0 Å². The maximum atomic E-state index is 12.9. The fraction of sp³-hybridized carbons (Fsp3) is 0.485. The third-order valence-electron chi connectivity index (χ3n) is 8.52. The van der Waals surface area contributed by atoms with Crippen LogP contribution in [0.4, 0.5) is 0 Å². The normalized spacial score (nSPS) is 12.9. The fourth-order valence-electron chi connectivity index (χ4n) is 5.99. The van der Waals surface area contributed by atoms with Crippen LogP contribution in [-0.2, 0) is 17.9 Å². The zero-order valence-corrected chi connectivity index (χ0v) is 25.4. The number of carboxylic acids is 1. The van der Waals surface area contributed by atoms with Gasteiger partial charge >= 0.3 is 17.3 Å². The van der Waals surface area contributed by atoms with E-state index in [9.17, 15) is 29.1 Å². The van der Waals surface area contributed by atoms with Crippen LogP contribution in [0.25, 0.3) is 21.8 Å². The molecule has 0 amide bonds. The van der Waals surface area contributed by atoms with Crippen molar-refractivity contribution >= 4 is 27.8 Å². The van der Waals surface area contributed by atoms with Gasteiger partial charge < -0.3 is 20.4 Å². The van der Waals surface area contributed by atoms with Gasteiger partial charge in [0.2, 0.25) is 0 Å². The zero-order valence-electron chi connectivity index (χ0n) is 25.4. The number of nitrogens with zero attached hydrogens (tertiary/aromatic N) is 2. The van der Waals surface area contributed by atoms with Gasteiger partial charge in [-0.05, 0) is 75.9 Å². The van der Waals surface area contributed by atoms with Crippen molar-refractivity contribution in [1.82, 2.24) is 24.4 Å². The number of nitrogens with one attached hydrogen (secondary N) is 3. The first kappa shape index (κ1) is 32.7. The van der Waals surface area contributed by atoms with Gasteiger partial charge in [-0.3, -0.25) is 23.5 Å². The van der Waals surface area contributed by atoms with Gasteiger partial charge in [-0.25, -0.2) is 9.59 Å². The molecule has 0 spiro atoms. The Morgan fingerprint density at radius 3 is 1.73 bits per heavy atom.